The van der Waals surface area contributed by atoms with Gasteiger partial charge in [-0.1, -0.05) is 38.1 Å². The van der Waals surface area contributed by atoms with E-state index in [1.807, 2.05) is 0 Å². The molecular formula is C18H25N3. The highest BCUT2D eigenvalue weighted by atomic mass is 15.2. The van der Waals surface area contributed by atoms with Gasteiger partial charge in [-0.25, -0.2) is 4.98 Å². The van der Waals surface area contributed by atoms with Crippen LogP contribution in [0.15, 0.2) is 24.3 Å². The van der Waals surface area contributed by atoms with E-state index in [1.165, 1.54) is 18.4 Å². The number of nitrogens with two attached hydrogens (primary N) is 1. The number of anilines is 1. The van der Waals surface area contributed by atoms with Gasteiger partial charge in [0.25, 0.3) is 0 Å². The number of hydrogen-bond donors (Lipinski definition) is 1. The maximum absolute atomic E-state index is 6.37. The minimum absolute atomic E-state index is 0.468. The van der Waals surface area contributed by atoms with Gasteiger partial charge in [0, 0.05) is 18.0 Å². The van der Waals surface area contributed by atoms with Gasteiger partial charge in [-0.3, -0.25) is 0 Å². The molecule has 1 aliphatic rings. The molecule has 0 amide bonds. The Labute approximate surface area is 127 Å². The van der Waals surface area contributed by atoms with Crippen LogP contribution in [0.25, 0.3) is 11.3 Å². The van der Waals surface area contributed by atoms with E-state index in [4.69, 9.17) is 10.7 Å². The van der Waals surface area contributed by atoms with Crippen molar-refractivity contribution in [2.24, 2.45) is 5.92 Å². The number of rotatable bonds is 3. The van der Waals surface area contributed by atoms with E-state index in [2.05, 4.69) is 49.6 Å². The third-order valence-electron chi connectivity index (χ3n) is 4.36. The monoisotopic (exact) mass is 283 g/mol. The molecule has 1 unspecified atom stereocenters. The molecule has 0 saturated carbocycles. The summed E-state index contributed by atoms with van der Waals surface area (Å²) in [6.45, 7) is 6.73. The van der Waals surface area contributed by atoms with Gasteiger partial charge >= 0.3 is 0 Å². The van der Waals surface area contributed by atoms with E-state index in [9.17, 15) is 0 Å². The quantitative estimate of drug-likeness (QED) is 0.916. The van der Waals surface area contributed by atoms with Crippen molar-refractivity contribution >= 4 is 5.82 Å². The molecule has 0 radical (unpaired) electrons. The van der Waals surface area contributed by atoms with Crippen molar-refractivity contribution in [1.29, 1.82) is 0 Å². The molecule has 1 atom stereocenters. The molecule has 21 heavy (non-hydrogen) atoms. The summed E-state index contributed by atoms with van der Waals surface area (Å²) in [5, 5.41) is 0. The first-order valence-electron chi connectivity index (χ1n) is 8.02. The topological polar surface area (TPSA) is 43.8 Å². The maximum atomic E-state index is 6.37. The van der Waals surface area contributed by atoms with Crippen molar-refractivity contribution in [1.82, 2.24) is 9.55 Å². The van der Waals surface area contributed by atoms with Gasteiger partial charge in [0.2, 0.25) is 0 Å². The first kappa shape index (κ1) is 14.2. The van der Waals surface area contributed by atoms with Crippen molar-refractivity contribution in [3.05, 3.63) is 35.7 Å². The van der Waals surface area contributed by atoms with E-state index in [1.54, 1.807) is 0 Å². The van der Waals surface area contributed by atoms with Crippen molar-refractivity contribution in [2.75, 3.05) is 5.73 Å². The second kappa shape index (κ2) is 5.55. The molecule has 0 fully saturated rings. The van der Waals surface area contributed by atoms with Gasteiger partial charge in [-0.05, 0) is 37.7 Å². The summed E-state index contributed by atoms with van der Waals surface area (Å²) in [6, 6.07) is 9.20. The average Bonchev–Trinajstić information content (AvgIpc) is 2.78. The van der Waals surface area contributed by atoms with Crippen molar-refractivity contribution in [2.45, 2.75) is 52.5 Å². The SMILES string of the molecule is CC(C)Cc1ccc(-c2nc3n(c2N)C(C)CCC3)cc1. The van der Waals surface area contributed by atoms with Crippen molar-refractivity contribution in [3.8, 4) is 11.3 Å². The summed E-state index contributed by atoms with van der Waals surface area (Å²) in [7, 11) is 0. The van der Waals surface area contributed by atoms with Crippen LogP contribution in [0.3, 0.4) is 0 Å². The highest BCUT2D eigenvalue weighted by molar-refractivity contribution is 5.71. The van der Waals surface area contributed by atoms with E-state index < -0.39 is 0 Å². The molecule has 2 aromatic rings. The average molecular weight is 283 g/mol. The lowest BCUT2D eigenvalue weighted by Gasteiger charge is -2.22. The van der Waals surface area contributed by atoms with Crippen LogP contribution in [0.2, 0.25) is 0 Å². The van der Waals surface area contributed by atoms with E-state index in [-0.39, 0.29) is 0 Å². The Morgan fingerprint density at radius 2 is 2.00 bits per heavy atom. The van der Waals surface area contributed by atoms with Gasteiger partial charge in [-0.2, -0.15) is 0 Å². The summed E-state index contributed by atoms with van der Waals surface area (Å²) in [6.07, 6.45) is 4.57. The molecule has 112 valence electrons. The molecule has 0 bridgehead atoms. The smallest absolute Gasteiger partial charge is 0.131 e. The Kier molecular flexibility index (Phi) is 3.75. The van der Waals surface area contributed by atoms with Gasteiger partial charge in [0.1, 0.15) is 17.3 Å². The second-order valence-electron chi connectivity index (χ2n) is 6.67. The highest BCUT2D eigenvalue weighted by Gasteiger charge is 2.23. The third-order valence-corrected chi connectivity index (χ3v) is 4.36. The van der Waals surface area contributed by atoms with Crippen LogP contribution >= 0.6 is 0 Å². The molecule has 2 N–H and O–H groups in total. The standard InChI is InChI=1S/C18H25N3/c1-12(2)11-14-7-9-15(10-8-14)17-18(19)21-13(3)5-4-6-16(21)20-17/h7-10,12-13H,4-6,11,19H2,1-3H3. The molecule has 3 nitrogen and oxygen atoms in total. The lowest BCUT2D eigenvalue weighted by atomic mass is 10.0. The van der Waals surface area contributed by atoms with Crippen LogP contribution in [-0.4, -0.2) is 9.55 Å². The number of hydrogen-bond acceptors (Lipinski definition) is 2. The first-order chi connectivity index (χ1) is 10.1. The largest absolute Gasteiger partial charge is 0.383 e. The fourth-order valence-electron chi connectivity index (χ4n) is 3.33. The Balaban J connectivity index is 1.94. The van der Waals surface area contributed by atoms with E-state index in [0.717, 1.165) is 35.7 Å². The number of nitrogen functional groups attached to an aromatic ring is 1. The maximum Gasteiger partial charge on any atom is 0.131 e. The van der Waals surface area contributed by atoms with E-state index >= 15 is 0 Å². The third kappa shape index (κ3) is 2.69. The van der Waals surface area contributed by atoms with Crippen molar-refractivity contribution in [3.63, 3.8) is 0 Å². The Morgan fingerprint density at radius 1 is 1.29 bits per heavy atom. The predicted molar refractivity (Wildman–Crippen MR) is 88.3 cm³/mol. The molecule has 0 aliphatic carbocycles. The minimum atomic E-state index is 0.468. The van der Waals surface area contributed by atoms with Crippen LogP contribution in [0.1, 0.15) is 51.0 Å². The molecular weight excluding hydrogens is 258 g/mol. The molecule has 0 saturated heterocycles. The number of aromatic nitrogens is 2. The van der Waals surface area contributed by atoms with Gasteiger partial charge < -0.3 is 10.3 Å². The predicted octanol–water partition coefficient (Wildman–Crippen LogP) is 4.23. The van der Waals surface area contributed by atoms with E-state index in [0.29, 0.717) is 12.0 Å². The summed E-state index contributed by atoms with van der Waals surface area (Å²) in [5.41, 5.74) is 9.83. The summed E-state index contributed by atoms with van der Waals surface area (Å²) < 4.78 is 2.22. The zero-order valence-corrected chi connectivity index (χ0v) is 13.3. The zero-order valence-electron chi connectivity index (χ0n) is 13.3. The lowest BCUT2D eigenvalue weighted by molar-refractivity contribution is 0.430. The zero-order chi connectivity index (χ0) is 15.0. The van der Waals surface area contributed by atoms with Crippen LogP contribution in [0.4, 0.5) is 5.82 Å². The fraction of sp³-hybridized carbons (Fsp3) is 0.500. The molecule has 1 aromatic carbocycles. The Morgan fingerprint density at radius 3 is 2.62 bits per heavy atom. The van der Waals surface area contributed by atoms with Crippen LogP contribution in [-0.2, 0) is 12.8 Å². The van der Waals surface area contributed by atoms with Gasteiger partial charge in [0.05, 0.1) is 0 Å². The summed E-state index contributed by atoms with van der Waals surface area (Å²) in [4.78, 5) is 4.80. The molecule has 3 rings (SSSR count). The molecule has 0 spiro atoms. The van der Waals surface area contributed by atoms with Gasteiger partial charge in [-0.15, -0.1) is 0 Å². The second-order valence-corrected chi connectivity index (χ2v) is 6.67. The summed E-state index contributed by atoms with van der Waals surface area (Å²) >= 11 is 0. The number of imidazole rings is 1. The molecule has 3 heteroatoms. The highest BCUT2D eigenvalue weighted by Crippen LogP contribution is 2.34. The van der Waals surface area contributed by atoms with Crippen LogP contribution in [0, 0.1) is 5.92 Å². The number of nitrogens with zero attached hydrogens (tertiary/aromatic N) is 2. The lowest BCUT2D eigenvalue weighted by Crippen LogP contribution is -2.16. The summed E-state index contributed by atoms with van der Waals surface area (Å²) in [5.74, 6) is 2.66. The number of benzene rings is 1. The van der Waals surface area contributed by atoms with Crippen LogP contribution in [0.5, 0.6) is 0 Å². The normalized spacial score (nSPS) is 18.0. The molecule has 1 aliphatic heterocycles. The fourth-order valence-corrected chi connectivity index (χ4v) is 3.33. The Bertz CT molecular complexity index is 623. The van der Waals surface area contributed by atoms with Gasteiger partial charge in [0.15, 0.2) is 0 Å². The first-order valence-corrected chi connectivity index (χ1v) is 8.02. The number of aryl methyl sites for hydroxylation is 1. The molecule has 2 heterocycles. The minimum Gasteiger partial charge on any atom is -0.383 e. The molecule has 1 aromatic heterocycles. The Hall–Kier alpha value is -1.77. The van der Waals surface area contributed by atoms with Crippen LogP contribution < -0.4 is 5.73 Å². The van der Waals surface area contributed by atoms with Crippen molar-refractivity contribution < 1.29 is 0 Å². The number of fused-ring (bicyclic) bond motifs is 1.